The van der Waals surface area contributed by atoms with E-state index in [1.54, 1.807) is 19.2 Å². The SMILES string of the molecule is CCCN(CCC)S(=O)(=O)CCC(=O)N[C@@H](Cc1ccc(F)cc1)[C@@H](O)CNCc1cccc(OC)c1. The number of ether oxygens (including phenoxy) is 1. The normalized spacial score (nSPS) is 13.4. The second-order valence-corrected chi connectivity index (χ2v) is 11.1. The maximum Gasteiger partial charge on any atom is 0.221 e. The largest absolute Gasteiger partial charge is 0.497 e. The third kappa shape index (κ3) is 10.8. The Hall–Kier alpha value is -2.53. The highest BCUT2D eigenvalue weighted by atomic mass is 32.2. The molecule has 2 rings (SSSR count). The smallest absolute Gasteiger partial charge is 0.221 e. The van der Waals surface area contributed by atoms with Crippen LogP contribution < -0.4 is 15.4 Å². The van der Waals surface area contributed by atoms with Crippen molar-refractivity contribution in [1.82, 2.24) is 14.9 Å². The lowest BCUT2D eigenvalue weighted by atomic mass is 10.0. The van der Waals surface area contributed by atoms with E-state index in [0.717, 1.165) is 16.9 Å². The molecule has 0 spiro atoms. The Morgan fingerprint density at radius 3 is 2.38 bits per heavy atom. The summed E-state index contributed by atoms with van der Waals surface area (Å²) in [5, 5.41) is 16.9. The highest BCUT2D eigenvalue weighted by molar-refractivity contribution is 7.89. The number of aliphatic hydroxyl groups is 1. The number of halogens is 1. The Balaban J connectivity index is 2.02. The van der Waals surface area contributed by atoms with Crippen LogP contribution in [0.2, 0.25) is 0 Å². The Morgan fingerprint density at radius 2 is 1.76 bits per heavy atom. The van der Waals surface area contributed by atoms with Crippen LogP contribution in [0.25, 0.3) is 0 Å². The summed E-state index contributed by atoms with van der Waals surface area (Å²) >= 11 is 0. The molecule has 3 N–H and O–H groups in total. The van der Waals surface area contributed by atoms with Crippen LogP contribution in [0.15, 0.2) is 48.5 Å². The lowest BCUT2D eigenvalue weighted by Gasteiger charge is -2.25. The molecule has 0 heterocycles. The number of methoxy groups -OCH3 is 1. The first-order valence-corrected chi connectivity index (χ1v) is 14.3. The van der Waals surface area contributed by atoms with Crippen LogP contribution >= 0.6 is 0 Å². The molecule has 1 amide bonds. The van der Waals surface area contributed by atoms with Crippen molar-refractivity contribution in [2.45, 2.75) is 58.2 Å². The van der Waals surface area contributed by atoms with Crippen LogP contribution in [-0.4, -0.2) is 68.4 Å². The zero-order chi connectivity index (χ0) is 27.3. The van der Waals surface area contributed by atoms with Gasteiger partial charge in [-0.2, -0.15) is 0 Å². The molecule has 0 unspecified atom stereocenters. The van der Waals surface area contributed by atoms with E-state index in [0.29, 0.717) is 32.5 Å². The number of sulfonamides is 1. The molecule has 10 heteroatoms. The van der Waals surface area contributed by atoms with Crippen LogP contribution in [0.3, 0.4) is 0 Å². The van der Waals surface area contributed by atoms with Crippen molar-refractivity contribution in [2.24, 2.45) is 0 Å². The van der Waals surface area contributed by atoms with E-state index in [1.165, 1.54) is 16.4 Å². The summed E-state index contributed by atoms with van der Waals surface area (Å²) in [6.07, 6.45) is 0.475. The molecule has 0 aliphatic heterocycles. The molecule has 2 atom stereocenters. The maximum atomic E-state index is 13.4. The standard InChI is InChI=1S/C27H40FN3O5S/c1-4-14-31(15-5-2)37(34,35)16-13-27(33)30-25(18-21-9-11-23(28)12-10-21)26(32)20-29-19-22-7-6-8-24(17-22)36-3/h6-12,17,25-26,29,32H,4-5,13-16,18-20H2,1-3H3,(H,30,33)/t25-,26-/m0/s1. The molecule has 0 fully saturated rings. The predicted octanol–water partition coefficient (Wildman–Crippen LogP) is 2.85. The molecule has 2 aromatic rings. The van der Waals surface area contributed by atoms with E-state index in [-0.39, 0.29) is 31.0 Å². The molecular formula is C27H40FN3O5S. The van der Waals surface area contributed by atoms with Gasteiger partial charge in [-0.3, -0.25) is 4.79 Å². The lowest BCUT2D eigenvalue weighted by Crippen LogP contribution is -2.49. The van der Waals surface area contributed by atoms with Gasteiger partial charge in [-0.15, -0.1) is 0 Å². The van der Waals surface area contributed by atoms with Crippen molar-refractivity contribution in [3.8, 4) is 5.75 Å². The molecule has 0 radical (unpaired) electrons. The van der Waals surface area contributed by atoms with Gasteiger partial charge >= 0.3 is 0 Å². The summed E-state index contributed by atoms with van der Waals surface area (Å²) in [6, 6.07) is 12.7. The number of amides is 1. The second kappa shape index (κ2) is 15.7. The molecule has 0 bridgehead atoms. The topological polar surface area (TPSA) is 108 Å². The average Bonchev–Trinajstić information content (AvgIpc) is 2.88. The summed E-state index contributed by atoms with van der Waals surface area (Å²) in [5.74, 6) is -0.409. The molecule has 0 aromatic heterocycles. The maximum absolute atomic E-state index is 13.4. The van der Waals surface area contributed by atoms with Crippen molar-refractivity contribution in [3.05, 3.63) is 65.5 Å². The number of nitrogens with one attached hydrogen (secondary N) is 2. The molecule has 8 nitrogen and oxygen atoms in total. The first-order chi connectivity index (χ1) is 17.7. The minimum absolute atomic E-state index is 0.183. The van der Waals surface area contributed by atoms with Gasteiger partial charge in [0.15, 0.2) is 0 Å². The van der Waals surface area contributed by atoms with Crippen molar-refractivity contribution in [3.63, 3.8) is 0 Å². The molecule has 0 aliphatic carbocycles. The van der Waals surface area contributed by atoms with Gasteiger partial charge in [0.1, 0.15) is 11.6 Å². The van der Waals surface area contributed by atoms with E-state index in [9.17, 15) is 22.7 Å². The number of rotatable bonds is 17. The van der Waals surface area contributed by atoms with Crippen LogP contribution in [0, 0.1) is 5.82 Å². The van der Waals surface area contributed by atoms with Crippen molar-refractivity contribution >= 4 is 15.9 Å². The number of nitrogens with zero attached hydrogens (tertiary/aromatic N) is 1. The Morgan fingerprint density at radius 1 is 1.08 bits per heavy atom. The quantitative estimate of drug-likeness (QED) is 0.287. The van der Waals surface area contributed by atoms with Crippen LogP contribution in [0.5, 0.6) is 5.75 Å². The fourth-order valence-electron chi connectivity index (χ4n) is 3.97. The highest BCUT2D eigenvalue weighted by Crippen LogP contribution is 2.13. The molecule has 206 valence electrons. The minimum atomic E-state index is -3.57. The Labute approximate surface area is 220 Å². The molecule has 0 saturated heterocycles. The van der Waals surface area contributed by atoms with E-state index in [1.807, 2.05) is 38.1 Å². The number of hydrogen-bond acceptors (Lipinski definition) is 6. The lowest BCUT2D eigenvalue weighted by molar-refractivity contribution is -0.122. The van der Waals surface area contributed by atoms with Crippen LogP contribution in [0.1, 0.15) is 44.2 Å². The second-order valence-electron chi connectivity index (χ2n) is 9.02. The van der Waals surface area contributed by atoms with Gasteiger partial charge in [-0.1, -0.05) is 38.1 Å². The fraction of sp³-hybridized carbons (Fsp3) is 0.519. The number of benzene rings is 2. The van der Waals surface area contributed by atoms with E-state index in [4.69, 9.17) is 4.74 Å². The number of hydrogen-bond donors (Lipinski definition) is 3. The van der Waals surface area contributed by atoms with E-state index >= 15 is 0 Å². The first-order valence-electron chi connectivity index (χ1n) is 12.7. The monoisotopic (exact) mass is 537 g/mol. The third-order valence-electron chi connectivity index (χ3n) is 5.92. The van der Waals surface area contributed by atoms with Crippen LogP contribution in [-0.2, 0) is 27.8 Å². The molecule has 37 heavy (non-hydrogen) atoms. The predicted molar refractivity (Wildman–Crippen MR) is 143 cm³/mol. The van der Waals surface area contributed by atoms with Crippen molar-refractivity contribution in [2.75, 3.05) is 32.5 Å². The van der Waals surface area contributed by atoms with Gasteiger partial charge in [0.25, 0.3) is 0 Å². The van der Waals surface area contributed by atoms with E-state index in [2.05, 4.69) is 10.6 Å². The summed E-state index contributed by atoms with van der Waals surface area (Å²) in [4.78, 5) is 12.8. The van der Waals surface area contributed by atoms with Gasteiger partial charge < -0.3 is 20.5 Å². The zero-order valence-electron chi connectivity index (χ0n) is 22.0. The summed E-state index contributed by atoms with van der Waals surface area (Å²) in [7, 11) is -1.97. The van der Waals surface area contributed by atoms with Gasteiger partial charge in [0.05, 0.1) is 25.0 Å². The highest BCUT2D eigenvalue weighted by Gasteiger charge is 2.25. The van der Waals surface area contributed by atoms with Gasteiger partial charge in [-0.25, -0.2) is 17.1 Å². The molecule has 2 aromatic carbocycles. The van der Waals surface area contributed by atoms with Gasteiger partial charge in [0.2, 0.25) is 15.9 Å². The number of carbonyl (C=O) groups excluding carboxylic acids is 1. The van der Waals surface area contributed by atoms with Crippen molar-refractivity contribution in [1.29, 1.82) is 0 Å². The molecular weight excluding hydrogens is 497 g/mol. The van der Waals surface area contributed by atoms with Crippen molar-refractivity contribution < 1.29 is 27.4 Å². The van der Waals surface area contributed by atoms with Gasteiger partial charge in [0, 0.05) is 32.6 Å². The molecule has 0 saturated carbocycles. The molecule has 0 aliphatic rings. The fourth-order valence-corrected chi connectivity index (χ4v) is 5.59. The third-order valence-corrected chi connectivity index (χ3v) is 7.79. The summed E-state index contributed by atoms with van der Waals surface area (Å²) in [5.41, 5.74) is 1.71. The Kier molecular flexibility index (Phi) is 13.0. The number of carbonyl (C=O) groups is 1. The Bertz CT molecular complexity index is 1060. The average molecular weight is 538 g/mol. The van der Waals surface area contributed by atoms with Crippen LogP contribution in [0.4, 0.5) is 4.39 Å². The summed E-state index contributed by atoms with van der Waals surface area (Å²) < 4.78 is 45.5. The number of aliphatic hydroxyl groups excluding tert-OH is 1. The zero-order valence-corrected chi connectivity index (χ0v) is 22.8. The summed E-state index contributed by atoms with van der Waals surface area (Å²) in [6.45, 7) is 5.32. The first kappa shape index (κ1) is 30.7. The van der Waals surface area contributed by atoms with Gasteiger partial charge in [-0.05, 0) is 54.7 Å². The minimum Gasteiger partial charge on any atom is -0.497 e. The van der Waals surface area contributed by atoms with E-state index < -0.39 is 28.1 Å².